The van der Waals surface area contributed by atoms with Crippen LogP contribution in [0.3, 0.4) is 0 Å². The Morgan fingerprint density at radius 1 is 0.536 bits per heavy atom. The molecule has 0 aliphatic rings. The molecule has 0 spiro atoms. The molecule has 326 valence electrons. The van der Waals surface area contributed by atoms with E-state index in [0.717, 1.165) is 0 Å². The predicted molar refractivity (Wildman–Crippen MR) is 256 cm³/mol. The minimum Gasteiger partial charge on any atom is -0.539 e. The summed E-state index contributed by atoms with van der Waals surface area (Å²) in [5.41, 5.74) is 0.646. The molecular formula is C40H77Cl4N6O2P2SSi+. The van der Waals surface area contributed by atoms with Crippen LogP contribution >= 0.6 is 60.7 Å². The molecule has 0 atom stereocenters. The molecule has 0 aliphatic heterocycles. The third kappa shape index (κ3) is 11.5. The summed E-state index contributed by atoms with van der Waals surface area (Å²) in [5, 5.41) is 0.482. The lowest BCUT2D eigenvalue weighted by Crippen LogP contribution is -2.51. The van der Waals surface area contributed by atoms with Gasteiger partial charge in [0.25, 0.3) is 13.2 Å². The van der Waals surface area contributed by atoms with Gasteiger partial charge in [-0.25, -0.2) is 0 Å². The third-order valence-electron chi connectivity index (χ3n) is 10.2. The van der Waals surface area contributed by atoms with Gasteiger partial charge in [-0.1, -0.05) is 109 Å². The molecule has 0 saturated heterocycles. The van der Waals surface area contributed by atoms with E-state index in [9.17, 15) is 0 Å². The number of hydrogen-bond acceptors (Lipinski definition) is 6. The minimum absolute atomic E-state index is 0.0483. The Kier molecular flexibility index (Phi) is 21.4. The lowest BCUT2D eigenvalue weighted by atomic mass is 10.3. The van der Waals surface area contributed by atoms with E-state index < -0.39 is 22.6 Å². The van der Waals surface area contributed by atoms with Crippen molar-refractivity contribution in [2.75, 3.05) is 0 Å². The van der Waals surface area contributed by atoms with Crippen LogP contribution in [-0.4, -0.2) is 86.1 Å². The summed E-state index contributed by atoms with van der Waals surface area (Å²) in [6.07, 6.45) is -2.78. The third-order valence-corrected chi connectivity index (χ3v) is 26.5. The number of hydrogen-bond donors (Lipinski definition) is 0. The fourth-order valence-corrected chi connectivity index (χ4v) is 24.4. The number of halogens is 4. The Hall–Kier alpha value is 0.497. The second-order valence-electron chi connectivity index (χ2n) is 18.0. The molecule has 0 unspecified atom stereocenters. The van der Waals surface area contributed by atoms with Gasteiger partial charge < -0.3 is 4.43 Å². The van der Waals surface area contributed by atoms with Gasteiger partial charge in [0.1, 0.15) is 10.0 Å². The van der Waals surface area contributed by atoms with Crippen LogP contribution in [-0.2, 0) is 11.8 Å². The topological polar surface area (TPSA) is 57.9 Å². The van der Waals surface area contributed by atoms with Gasteiger partial charge in [0.15, 0.2) is 5.75 Å². The van der Waals surface area contributed by atoms with Gasteiger partial charge in [-0.2, -0.15) is 0 Å². The molecule has 0 saturated carbocycles. The summed E-state index contributed by atoms with van der Waals surface area (Å²) in [6.45, 7) is 48.0. The molecule has 0 bridgehead atoms. The van der Waals surface area contributed by atoms with E-state index >= 15 is 0 Å². The largest absolute Gasteiger partial charge is 0.546 e. The van der Waals surface area contributed by atoms with Crippen molar-refractivity contribution in [3.63, 3.8) is 0 Å². The van der Waals surface area contributed by atoms with Crippen LogP contribution in [0.5, 0.6) is 11.5 Å². The predicted octanol–water partition coefficient (Wildman–Crippen LogP) is 15.3. The van der Waals surface area contributed by atoms with Crippen LogP contribution in [0, 0.1) is 0 Å². The van der Waals surface area contributed by atoms with E-state index in [1.807, 2.05) is 0 Å². The maximum Gasteiger partial charge on any atom is 0.546 e. The molecule has 1 rings (SSSR count). The van der Waals surface area contributed by atoms with Crippen LogP contribution < -0.4 is 8.95 Å². The fourth-order valence-electron chi connectivity index (χ4n) is 8.94. The highest BCUT2D eigenvalue weighted by Crippen LogP contribution is 2.72. The van der Waals surface area contributed by atoms with Crippen molar-refractivity contribution in [1.29, 1.82) is 0 Å². The van der Waals surface area contributed by atoms with E-state index in [-0.39, 0.29) is 90.8 Å². The Balaban J connectivity index is 4.88. The highest BCUT2D eigenvalue weighted by molar-refractivity contribution is 8.19. The van der Waals surface area contributed by atoms with Crippen molar-refractivity contribution < 1.29 is 13.7 Å². The number of rotatable bonds is 21. The molecule has 0 amide bonds. The van der Waals surface area contributed by atoms with Crippen LogP contribution in [0.25, 0.3) is 0 Å². The van der Waals surface area contributed by atoms with Crippen molar-refractivity contribution in [2.45, 2.75) is 217 Å². The van der Waals surface area contributed by atoms with Gasteiger partial charge in [-0.3, -0.25) is 13.9 Å². The van der Waals surface area contributed by atoms with Crippen LogP contribution in [0.4, 0.5) is 0 Å². The van der Waals surface area contributed by atoms with E-state index in [1.54, 1.807) is 0 Å². The maximum absolute atomic E-state index is 7.61. The Morgan fingerprint density at radius 2 is 0.839 bits per heavy atom. The van der Waals surface area contributed by atoms with E-state index in [1.165, 1.54) is 0 Å². The monoisotopic (exact) mass is 935 g/mol. The summed E-state index contributed by atoms with van der Waals surface area (Å²) in [6, 6.07) is 0.341. The lowest BCUT2D eigenvalue weighted by Gasteiger charge is -2.51. The summed E-state index contributed by atoms with van der Waals surface area (Å²) in [4.78, 5) is 10.5. The van der Waals surface area contributed by atoms with Gasteiger partial charge >= 0.3 is 7.94 Å². The zero-order chi connectivity index (χ0) is 44.2. The Bertz CT molecular complexity index is 1460. The van der Waals surface area contributed by atoms with Crippen molar-refractivity contribution in [3.8, 4) is 11.5 Å². The fraction of sp³-hybridized carbons (Fsp3) is 0.825. The normalized spacial score (nSPS) is 13.8. The quantitative estimate of drug-likeness (QED) is 0.0178. The molecule has 0 aromatic heterocycles. The molecule has 16 heteroatoms. The number of nitrogens with zero attached hydrogens (tertiary/aromatic N) is 6. The molecule has 1 aromatic carbocycles. The smallest absolute Gasteiger partial charge is 0.539 e. The van der Waals surface area contributed by atoms with Crippen molar-refractivity contribution in [1.82, 2.24) is 18.7 Å². The molecule has 0 heterocycles. The SMILES string of the molecule is CC(C)N(C(C)C)P(=S)([C-]=[N+]=N[P+](Oc1c(Cl)c(Cl)c(Cl)c(Cl)c1O[Si](C(C)C)(C(C)C)C(C)C)(N(C(C)C)C(C)C)N(C(C)C)C(C)C)N(C(C)C)C(C)C. The standard InChI is InChI=1S/C40H77Cl4N6O2P2SSi/c1-24(2)47(25(3)4)53(55,48(26(5)6)27(7)8)23-45-46-54(49(28(9)10)29(11)12,50(30(13)14)31(15)16)51-39-37(43)35(41)36(42)38(44)40(39)52-56(32(17)18,33(19)20)34(21)22/h24-34H,1-22H3/q+1. The average molecular weight is 938 g/mol. The van der Waals surface area contributed by atoms with Gasteiger partial charge in [0.2, 0.25) is 5.75 Å². The van der Waals surface area contributed by atoms with Crippen molar-refractivity contribution in [2.24, 2.45) is 4.88 Å². The van der Waals surface area contributed by atoms with Gasteiger partial charge in [0.05, 0.1) is 16.0 Å². The van der Waals surface area contributed by atoms with Gasteiger partial charge in [-0.05, 0) is 127 Å². The first-order chi connectivity index (χ1) is 25.4. The number of benzene rings is 1. The molecule has 0 aliphatic carbocycles. The van der Waals surface area contributed by atoms with Crippen molar-refractivity contribution in [3.05, 3.63) is 20.1 Å². The molecule has 0 radical (unpaired) electrons. The van der Waals surface area contributed by atoms with E-state index in [4.69, 9.17) is 76.8 Å². The maximum atomic E-state index is 7.61. The Labute approximate surface area is 370 Å². The molecule has 8 nitrogen and oxygen atoms in total. The molecule has 0 N–H and O–H groups in total. The zero-order valence-electron chi connectivity index (χ0n) is 38.7. The Morgan fingerprint density at radius 3 is 1.11 bits per heavy atom. The summed E-state index contributed by atoms with van der Waals surface area (Å²) in [5.74, 6) is 4.08. The first-order valence-corrected chi connectivity index (χ1v) is 28.4. The molecule has 0 fully saturated rings. The summed E-state index contributed by atoms with van der Waals surface area (Å²) in [7, 11) is -6.12. The van der Waals surface area contributed by atoms with E-state index in [0.29, 0.717) is 5.75 Å². The molecular weight excluding hydrogens is 860 g/mol. The second-order valence-corrected chi connectivity index (χ2v) is 31.0. The first-order valence-electron chi connectivity index (χ1n) is 20.5. The highest BCUT2D eigenvalue weighted by atomic mass is 35.5. The van der Waals surface area contributed by atoms with Gasteiger partial charge in [-0.15, -0.1) is 4.79 Å². The molecule has 56 heavy (non-hydrogen) atoms. The van der Waals surface area contributed by atoms with Crippen LogP contribution in [0.2, 0.25) is 36.7 Å². The highest BCUT2D eigenvalue weighted by Gasteiger charge is 2.66. The minimum atomic E-state index is -3.46. The summed E-state index contributed by atoms with van der Waals surface area (Å²) < 4.78 is 24.3. The zero-order valence-corrected chi connectivity index (χ0v) is 45.3. The molecule has 1 aromatic rings. The first kappa shape index (κ1) is 54.5. The van der Waals surface area contributed by atoms with Crippen molar-refractivity contribution >= 4 is 86.8 Å². The van der Waals surface area contributed by atoms with Crippen LogP contribution in [0.15, 0.2) is 4.88 Å². The van der Waals surface area contributed by atoms with Gasteiger partial charge in [0, 0.05) is 54.7 Å². The average Bonchev–Trinajstić information content (AvgIpc) is 3.00. The second kappa shape index (κ2) is 22.0. The van der Waals surface area contributed by atoms with Crippen LogP contribution in [0.1, 0.15) is 152 Å². The lowest BCUT2D eigenvalue weighted by molar-refractivity contribution is -0.0667. The van der Waals surface area contributed by atoms with E-state index in [2.05, 4.69) is 177 Å². The summed E-state index contributed by atoms with van der Waals surface area (Å²) >= 11 is 35.1.